The smallest absolute Gasteiger partial charge is 0.335 e. The van der Waals surface area contributed by atoms with Gasteiger partial charge in [0.05, 0.1) is 5.56 Å². The fourth-order valence-electron chi connectivity index (χ4n) is 4.21. The van der Waals surface area contributed by atoms with Crippen LogP contribution in [0, 0.1) is 11.3 Å². The molecule has 1 saturated carbocycles. The topological polar surface area (TPSA) is 40.5 Å². The quantitative estimate of drug-likeness (QED) is 0.917. The van der Waals surface area contributed by atoms with Crippen LogP contribution in [0.2, 0.25) is 0 Å². The summed E-state index contributed by atoms with van der Waals surface area (Å²) in [5.74, 6) is -0.0181. The third-order valence-corrected chi connectivity index (χ3v) is 5.15. The van der Waals surface area contributed by atoms with Crippen molar-refractivity contribution in [3.63, 3.8) is 0 Å². The van der Waals surface area contributed by atoms with E-state index in [2.05, 4.69) is 18.7 Å². The van der Waals surface area contributed by atoms with Gasteiger partial charge >= 0.3 is 5.97 Å². The van der Waals surface area contributed by atoms with Crippen LogP contribution in [0.3, 0.4) is 0 Å². The Bertz CT molecular complexity index is 506. The van der Waals surface area contributed by atoms with E-state index in [1.807, 2.05) is 12.1 Å². The van der Waals surface area contributed by atoms with E-state index in [-0.39, 0.29) is 0 Å². The molecule has 0 aromatic heterocycles. The SMILES string of the molecule is CC1(C)CN(Cc2ccc(C(=O)O)cc2)C2CCCC21. The van der Waals surface area contributed by atoms with Gasteiger partial charge in [0, 0.05) is 19.1 Å². The van der Waals surface area contributed by atoms with E-state index in [0.29, 0.717) is 11.0 Å². The van der Waals surface area contributed by atoms with Gasteiger partial charge in [-0.15, -0.1) is 0 Å². The van der Waals surface area contributed by atoms with Crippen LogP contribution in [0.1, 0.15) is 49.0 Å². The summed E-state index contributed by atoms with van der Waals surface area (Å²) < 4.78 is 0. The lowest BCUT2D eigenvalue weighted by molar-refractivity contribution is 0.0697. The summed E-state index contributed by atoms with van der Waals surface area (Å²) in [6, 6.07) is 8.07. The molecule has 1 aromatic rings. The van der Waals surface area contributed by atoms with E-state index in [1.165, 1.54) is 24.8 Å². The Kier molecular flexibility index (Phi) is 3.33. The van der Waals surface area contributed by atoms with Crippen LogP contribution < -0.4 is 0 Å². The number of carboxylic acids is 1. The molecule has 0 bridgehead atoms. The van der Waals surface area contributed by atoms with Gasteiger partial charge in [0.15, 0.2) is 0 Å². The fourth-order valence-corrected chi connectivity index (χ4v) is 4.21. The van der Waals surface area contributed by atoms with Gasteiger partial charge in [-0.3, -0.25) is 4.90 Å². The third-order valence-electron chi connectivity index (χ3n) is 5.15. The molecule has 2 atom stereocenters. The number of fused-ring (bicyclic) bond motifs is 1. The minimum absolute atomic E-state index is 0.370. The van der Waals surface area contributed by atoms with E-state index in [0.717, 1.165) is 25.0 Å². The van der Waals surface area contributed by atoms with Crippen LogP contribution >= 0.6 is 0 Å². The Labute approximate surface area is 120 Å². The number of carbonyl (C=O) groups is 1. The zero-order valence-corrected chi connectivity index (χ0v) is 12.3. The molecule has 1 heterocycles. The lowest BCUT2D eigenvalue weighted by Crippen LogP contribution is -2.29. The van der Waals surface area contributed by atoms with Crippen molar-refractivity contribution in [3.05, 3.63) is 35.4 Å². The molecule has 3 rings (SSSR count). The molecule has 0 radical (unpaired) electrons. The zero-order chi connectivity index (χ0) is 14.3. The number of carboxylic acid groups (broad SMARTS) is 1. The highest BCUT2D eigenvalue weighted by atomic mass is 16.4. The molecule has 1 N–H and O–H groups in total. The van der Waals surface area contributed by atoms with E-state index in [4.69, 9.17) is 5.11 Å². The third kappa shape index (κ3) is 2.35. The normalized spacial score (nSPS) is 28.5. The fraction of sp³-hybridized carbons (Fsp3) is 0.588. The molecular formula is C17H23NO2. The van der Waals surface area contributed by atoms with Gasteiger partial charge in [0.2, 0.25) is 0 Å². The first-order chi connectivity index (χ1) is 9.47. The largest absolute Gasteiger partial charge is 0.478 e. The second-order valence-electron chi connectivity index (χ2n) is 7.00. The number of hydrogen-bond donors (Lipinski definition) is 1. The van der Waals surface area contributed by atoms with Gasteiger partial charge in [-0.25, -0.2) is 4.79 Å². The minimum Gasteiger partial charge on any atom is -0.478 e. The number of hydrogen-bond acceptors (Lipinski definition) is 2. The van der Waals surface area contributed by atoms with Crippen molar-refractivity contribution in [1.29, 1.82) is 0 Å². The Morgan fingerprint density at radius 2 is 2.00 bits per heavy atom. The van der Waals surface area contributed by atoms with Crippen molar-refractivity contribution < 1.29 is 9.90 Å². The van der Waals surface area contributed by atoms with Gasteiger partial charge in [-0.1, -0.05) is 32.4 Å². The van der Waals surface area contributed by atoms with Gasteiger partial charge in [-0.2, -0.15) is 0 Å². The van der Waals surface area contributed by atoms with E-state index in [9.17, 15) is 4.79 Å². The standard InChI is InChI=1S/C17H23NO2/c1-17(2)11-18(15-5-3-4-14(15)17)10-12-6-8-13(9-7-12)16(19)20/h6-9,14-15H,3-5,10-11H2,1-2H3,(H,19,20). The van der Waals surface area contributed by atoms with Crippen molar-refractivity contribution in [2.45, 2.75) is 45.7 Å². The molecule has 108 valence electrons. The molecule has 1 aliphatic carbocycles. The predicted molar refractivity (Wildman–Crippen MR) is 78.7 cm³/mol. The zero-order valence-electron chi connectivity index (χ0n) is 12.3. The minimum atomic E-state index is -0.852. The van der Waals surface area contributed by atoms with Gasteiger partial charge in [-0.05, 0) is 41.9 Å². The molecule has 2 unspecified atom stereocenters. The second-order valence-corrected chi connectivity index (χ2v) is 7.00. The first-order valence-corrected chi connectivity index (χ1v) is 7.54. The Morgan fingerprint density at radius 1 is 1.30 bits per heavy atom. The van der Waals surface area contributed by atoms with Crippen molar-refractivity contribution in [2.75, 3.05) is 6.54 Å². The van der Waals surface area contributed by atoms with E-state index >= 15 is 0 Å². The van der Waals surface area contributed by atoms with Crippen molar-refractivity contribution >= 4 is 5.97 Å². The maximum absolute atomic E-state index is 10.9. The summed E-state index contributed by atoms with van der Waals surface area (Å²) in [7, 11) is 0. The molecule has 0 spiro atoms. The molecule has 2 aliphatic rings. The second kappa shape index (κ2) is 4.88. The number of rotatable bonds is 3. The molecule has 3 heteroatoms. The van der Waals surface area contributed by atoms with Gasteiger partial charge in [0.25, 0.3) is 0 Å². The lowest BCUT2D eigenvalue weighted by Gasteiger charge is -2.24. The molecular weight excluding hydrogens is 250 g/mol. The molecule has 20 heavy (non-hydrogen) atoms. The highest BCUT2D eigenvalue weighted by Gasteiger charge is 2.48. The van der Waals surface area contributed by atoms with Crippen LogP contribution in [0.4, 0.5) is 0 Å². The lowest BCUT2D eigenvalue weighted by atomic mass is 9.80. The molecule has 1 aliphatic heterocycles. The highest BCUT2D eigenvalue weighted by molar-refractivity contribution is 5.87. The highest BCUT2D eigenvalue weighted by Crippen LogP contribution is 2.48. The van der Waals surface area contributed by atoms with Crippen LogP contribution in [0.25, 0.3) is 0 Å². The van der Waals surface area contributed by atoms with Crippen molar-refractivity contribution in [3.8, 4) is 0 Å². The summed E-state index contributed by atoms with van der Waals surface area (Å²) in [4.78, 5) is 13.5. The average Bonchev–Trinajstić information content (AvgIpc) is 2.95. The molecule has 0 amide bonds. The molecule has 1 aromatic carbocycles. The molecule has 3 nitrogen and oxygen atoms in total. The van der Waals surface area contributed by atoms with Crippen molar-refractivity contribution in [1.82, 2.24) is 4.90 Å². The molecule has 2 fully saturated rings. The summed E-state index contributed by atoms with van der Waals surface area (Å²) in [5.41, 5.74) is 2.01. The van der Waals surface area contributed by atoms with Crippen LogP contribution in [0.15, 0.2) is 24.3 Å². The van der Waals surface area contributed by atoms with Crippen LogP contribution in [-0.2, 0) is 6.54 Å². The maximum Gasteiger partial charge on any atom is 0.335 e. The Morgan fingerprint density at radius 3 is 2.65 bits per heavy atom. The summed E-state index contributed by atoms with van der Waals surface area (Å²) in [5, 5.41) is 8.94. The van der Waals surface area contributed by atoms with Crippen LogP contribution in [-0.4, -0.2) is 28.6 Å². The summed E-state index contributed by atoms with van der Waals surface area (Å²) in [6.07, 6.45) is 4.04. The van der Waals surface area contributed by atoms with E-state index in [1.54, 1.807) is 12.1 Å². The predicted octanol–water partition coefficient (Wildman–Crippen LogP) is 3.40. The van der Waals surface area contributed by atoms with Gasteiger partial charge < -0.3 is 5.11 Å². The van der Waals surface area contributed by atoms with Crippen molar-refractivity contribution in [2.24, 2.45) is 11.3 Å². The Hall–Kier alpha value is -1.35. The first-order valence-electron chi connectivity index (χ1n) is 7.54. The number of aromatic carboxylic acids is 1. The maximum atomic E-state index is 10.9. The summed E-state index contributed by atoms with van der Waals surface area (Å²) >= 11 is 0. The number of likely N-dealkylation sites (tertiary alicyclic amines) is 1. The van der Waals surface area contributed by atoms with Crippen LogP contribution in [0.5, 0.6) is 0 Å². The average molecular weight is 273 g/mol. The number of benzene rings is 1. The van der Waals surface area contributed by atoms with E-state index < -0.39 is 5.97 Å². The van der Waals surface area contributed by atoms with Gasteiger partial charge in [0.1, 0.15) is 0 Å². The number of nitrogens with zero attached hydrogens (tertiary/aromatic N) is 1. The molecule has 1 saturated heterocycles. The monoisotopic (exact) mass is 273 g/mol. The summed E-state index contributed by atoms with van der Waals surface area (Å²) in [6.45, 7) is 6.89. The first kappa shape index (κ1) is 13.6. The Balaban J connectivity index is 1.73.